The van der Waals surface area contributed by atoms with E-state index in [4.69, 9.17) is 5.73 Å². The number of aromatic nitrogens is 3. The summed E-state index contributed by atoms with van der Waals surface area (Å²) in [6, 6.07) is 17.6. The molecule has 0 atom stereocenters. The highest BCUT2D eigenvalue weighted by Gasteiger charge is 2.14. The maximum Gasteiger partial charge on any atom is 0.230 e. The highest BCUT2D eigenvalue weighted by molar-refractivity contribution is 7.99. The van der Waals surface area contributed by atoms with Crippen LogP contribution in [0.3, 0.4) is 0 Å². The smallest absolute Gasteiger partial charge is 0.230 e. The quantitative estimate of drug-likeness (QED) is 0.495. The van der Waals surface area contributed by atoms with Gasteiger partial charge in [0.05, 0.1) is 5.75 Å². The summed E-state index contributed by atoms with van der Waals surface area (Å²) in [5, 5.41) is 12.0. The van der Waals surface area contributed by atoms with Crippen LogP contribution in [-0.2, 0) is 18.3 Å². The number of hydrogen-bond donors (Lipinski definition) is 2. The summed E-state index contributed by atoms with van der Waals surface area (Å²) in [4.78, 5) is 12.0. The van der Waals surface area contributed by atoms with Gasteiger partial charge < -0.3 is 15.6 Å². The van der Waals surface area contributed by atoms with Crippen molar-refractivity contribution in [1.29, 1.82) is 0 Å². The van der Waals surface area contributed by atoms with Gasteiger partial charge in [-0.05, 0) is 24.1 Å². The molecule has 7 heteroatoms. The molecule has 0 fully saturated rings. The van der Waals surface area contributed by atoms with E-state index in [2.05, 4.69) is 27.6 Å². The SMILES string of the molecule is Cn1c(SCC(=O)NCCc2ccccc2)nnc1-c1ccccc1N. The largest absolute Gasteiger partial charge is 0.398 e. The van der Waals surface area contributed by atoms with Crippen molar-refractivity contribution in [3.63, 3.8) is 0 Å². The first kappa shape index (κ1) is 18.0. The zero-order chi connectivity index (χ0) is 18.4. The summed E-state index contributed by atoms with van der Waals surface area (Å²) in [5.41, 5.74) is 8.70. The lowest BCUT2D eigenvalue weighted by Gasteiger charge is -2.07. The fraction of sp³-hybridized carbons (Fsp3) is 0.211. The van der Waals surface area contributed by atoms with E-state index in [1.54, 1.807) is 0 Å². The van der Waals surface area contributed by atoms with Crippen LogP contribution in [0, 0.1) is 0 Å². The Morgan fingerprint density at radius 1 is 1.12 bits per heavy atom. The van der Waals surface area contributed by atoms with Crippen molar-refractivity contribution in [2.24, 2.45) is 7.05 Å². The van der Waals surface area contributed by atoms with Crippen LogP contribution in [0.4, 0.5) is 5.69 Å². The summed E-state index contributed by atoms with van der Waals surface area (Å²) < 4.78 is 1.85. The number of anilines is 1. The van der Waals surface area contributed by atoms with Gasteiger partial charge in [0.2, 0.25) is 5.91 Å². The molecule has 0 bridgehead atoms. The summed E-state index contributed by atoms with van der Waals surface area (Å²) in [5.74, 6) is 0.968. The van der Waals surface area contributed by atoms with E-state index in [1.165, 1.54) is 17.3 Å². The number of carbonyl (C=O) groups is 1. The molecule has 0 aliphatic carbocycles. The number of benzene rings is 2. The van der Waals surface area contributed by atoms with E-state index in [9.17, 15) is 4.79 Å². The lowest BCUT2D eigenvalue weighted by molar-refractivity contribution is -0.118. The molecule has 0 spiro atoms. The molecule has 6 nitrogen and oxygen atoms in total. The molecule has 26 heavy (non-hydrogen) atoms. The van der Waals surface area contributed by atoms with Gasteiger partial charge in [-0.2, -0.15) is 0 Å². The molecule has 134 valence electrons. The zero-order valence-corrected chi connectivity index (χ0v) is 15.4. The Bertz CT molecular complexity index is 879. The van der Waals surface area contributed by atoms with Crippen LogP contribution in [0.2, 0.25) is 0 Å². The molecule has 1 heterocycles. The van der Waals surface area contributed by atoms with E-state index in [-0.39, 0.29) is 5.91 Å². The minimum atomic E-state index is -0.0188. The van der Waals surface area contributed by atoms with Gasteiger partial charge in [-0.3, -0.25) is 4.79 Å². The van der Waals surface area contributed by atoms with Gasteiger partial charge in [0.1, 0.15) is 0 Å². The van der Waals surface area contributed by atoms with Gasteiger partial charge in [-0.1, -0.05) is 54.2 Å². The number of hydrogen-bond acceptors (Lipinski definition) is 5. The van der Waals surface area contributed by atoms with Gasteiger partial charge in [0.15, 0.2) is 11.0 Å². The maximum atomic E-state index is 12.0. The Labute approximate surface area is 156 Å². The first-order valence-corrected chi connectivity index (χ1v) is 9.31. The molecular weight excluding hydrogens is 346 g/mol. The van der Waals surface area contributed by atoms with Gasteiger partial charge >= 0.3 is 0 Å². The second-order valence-electron chi connectivity index (χ2n) is 5.83. The van der Waals surface area contributed by atoms with E-state index < -0.39 is 0 Å². The third-order valence-electron chi connectivity index (χ3n) is 3.95. The average molecular weight is 367 g/mol. The molecule has 0 aliphatic rings. The number of nitrogens with zero attached hydrogens (tertiary/aromatic N) is 3. The summed E-state index contributed by atoms with van der Waals surface area (Å²) in [7, 11) is 1.87. The highest BCUT2D eigenvalue weighted by Crippen LogP contribution is 2.26. The van der Waals surface area contributed by atoms with Crippen LogP contribution in [0.15, 0.2) is 59.8 Å². The average Bonchev–Trinajstić information content (AvgIpc) is 3.02. The van der Waals surface area contributed by atoms with Crippen LogP contribution in [0.5, 0.6) is 0 Å². The van der Waals surface area contributed by atoms with Crippen molar-refractivity contribution in [2.45, 2.75) is 11.6 Å². The lowest BCUT2D eigenvalue weighted by Crippen LogP contribution is -2.27. The Balaban J connectivity index is 1.52. The van der Waals surface area contributed by atoms with Gasteiger partial charge in [-0.25, -0.2) is 0 Å². The third-order valence-corrected chi connectivity index (χ3v) is 4.97. The summed E-state index contributed by atoms with van der Waals surface area (Å²) >= 11 is 1.36. The molecule has 0 radical (unpaired) electrons. The number of nitrogen functional groups attached to an aromatic ring is 1. The number of carbonyl (C=O) groups excluding carboxylic acids is 1. The van der Waals surface area contributed by atoms with E-state index >= 15 is 0 Å². The maximum absolute atomic E-state index is 12.0. The first-order chi connectivity index (χ1) is 12.6. The van der Waals surface area contributed by atoms with E-state index in [0.717, 1.165) is 12.0 Å². The molecule has 2 aromatic carbocycles. The Morgan fingerprint density at radius 2 is 1.85 bits per heavy atom. The van der Waals surface area contributed by atoms with Crippen LogP contribution >= 0.6 is 11.8 Å². The molecule has 0 aliphatic heterocycles. The van der Waals surface area contributed by atoms with Crippen LogP contribution in [-0.4, -0.2) is 33.0 Å². The second-order valence-corrected chi connectivity index (χ2v) is 6.77. The minimum Gasteiger partial charge on any atom is -0.398 e. The highest BCUT2D eigenvalue weighted by atomic mass is 32.2. The van der Waals surface area contributed by atoms with Crippen molar-refractivity contribution >= 4 is 23.4 Å². The number of thioether (sulfide) groups is 1. The Kier molecular flexibility index (Phi) is 5.91. The summed E-state index contributed by atoms with van der Waals surface area (Å²) in [6.07, 6.45) is 0.818. The Hall–Kier alpha value is -2.80. The van der Waals surface area contributed by atoms with Crippen LogP contribution in [0.25, 0.3) is 11.4 Å². The molecule has 0 unspecified atom stereocenters. The number of amides is 1. The molecule has 0 saturated heterocycles. The van der Waals surface area contributed by atoms with E-state index in [1.807, 2.05) is 54.1 Å². The fourth-order valence-corrected chi connectivity index (χ4v) is 3.29. The molecular formula is C19H21N5OS. The van der Waals surface area contributed by atoms with Gasteiger partial charge in [0, 0.05) is 24.8 Å². The molecule has 1 aromatic heterocycles. The standard InChI is InChI=1S/C19H21N5OS/c1-24-18(15-9-5-6-10-16(15)20)22-23-19(24)26-13-17(25)21-12-11-14-7-3-2-4-8-14/h2-10H,11-13,20H2,1H3,(H,21,25). The van der Waals surface area contributed by atoms with Crippen molar-refractivity contribution in [2.75, 3.05) is 18.0 Å². The first-order valence-electron chi connectivity index (χ1n) is 8.33. The van der Waals surface area contributed by atoms with Gasteiger partial charge in [0.25, 0.3) is 0 Å². The van der Waals surface area contributed by atoms with Crippen molar-refractivity contribution < 1.29 is 4.79 Å². The predicted molar refractivity (Wildman–Crippen MR) is 105 cm³/mol. The number of rotatable bonds is 7. The van der Waals surface area contributed by atoms with Crippen LogP contribution in [0.1, 0.15) is 5.56 Å². The summed E-state index contributed by atoms with van der Waals surface area (Å²) in [6.45, 7) is 0.619. The van der Waals surface area contributed by atoms with Gasteiger partial charge in [-0.15, -0.1) is 10.2 Å². The van der Waals surface area contributed by atoms with Crippen LogP contribution < -0.4 is 11.1 Å². The van der Waals surface area contributed by atoms with Crippen molar-refractivity contribution in [3.8, 4) is 11.4 Å². The topological polar surface area (TPSA) is 85.8 Å². The lowest BCUT2D eigenvalue weighted by atomic mass is 10.1. The zero-order valence-electron chi connectivity index (χ0n) is 14.6. The predicted octanol–water partition coefficient (Wildman–Crippen LogP) is 2.52. The van der Waals surface area contributed by atoms with Crippen molar-refractivity contribution in [1.82, 2.24) is 20.1 Å². The fourth-order valence-electron chi connectivity index (χ4n) is 2.55. The number of nitrogens with two attached hydrogens (primary N) is 1. The molecule has 1 amide bonds. The third kappa shape index (κ3) is 4.43. The number of nitrogens with one attached hydrogen (secondary N) is 1. The molecule has 0 saturated carbocycles. The monoisotopic (exact) mass is 367 g/mol. The number of para-hydroxylation sites is 1. The molecule has 3 aromatic rings. The normalized spacial score (nSPS) is 10.7. The minimum absolute atomic E-state index is 0.0188. The van der Waals surface area contributed by atoms with Crippen molar-refractivity contribution in [3.05, 3.63) is 60.2 Å². The molecule has 3 rings (SSSR count). The second kappa shape index (κ2) is 8.53. The Morgan fingerprint density at radius 3 is 2.62 bits per heavy atom. The van der Waals surface area contributed by atoms with E-state index in [0.29, 0.717) is 29.0 Å². The molecule has 3 N–H and O–H groups in total.